The first-order valence-electron chi connectivity index (χ1n) is 13.3. The Morgan fingerprint density at radius 1 is 0.350 bits per heavy atom. The maximum Gasteiger partial charge on any atom is 0.0780 e. The molecule has 3 heteroatoms. The van der Waals surface area contributed by atoms with Crippen LogP contribution in [-0.2, 0) is 0 Å². The minimum absolute atomic E-state index is 1.00. The van der Waals surface area contributed by atoms with E-state index < -0.39 is 0 Å². The number of rotatable bonds is 5. The van der Waals surface area contributed by atoms with Crippen molar-refractivity contribution in [3.63, 3.8) is 0 Å². The lowest BCUT2D eigenvalue weighted by atomic mass is 9.92. The van der Waals surface area contributed by atoms with Crippen molar-refractivity contribution in [2.75, 3.05) is 0 Å². The van der Waals surface area contributed by atoms with Crippen molar-refractivity contribution < 1.29 is 0 Å². The van der Waals surface area contributed by atoms with Crippen molar-refractivity contribution in [3.05, 3.63) is 152 Å². The van der Waals surface area contributed by atoms with Crippen LogP contribution in [0.1, 0.15) is 0 Å². The van der Waals surface area contributed by atoms with Gasteiger partial charge in [-0.05, 0) is 87.3 Å². The molecule has 0 saturated heterocycles. The summed E-state index contributed by atoms with van der Waals surface area (Å²) in [4.78, 5) is 13.5. The molecule has 0 fully saturated rings. The molecule has 0 bridgehead atoms. The second-order valence-corrected chi connectivity index (χ2v) is 9.82. The summed E-state index contributed by atoms with van der Waals surface area (Å²) in [7, 11) is 0. The predicted molar refractivity (Wildman–Crippen MR) is 165 cm³/mol. The van der Waals surface area contributed by atoms with E-state index in [-0.39, 0.29) is 0 Å². The fourth-order valence-electron chi connectivity index (χ4n) is 5.27. The fourth-order valence-corrected chi connectivity index (χ4v) is 5.27. The van der Waals surface area contributed by atoms with Gasteiger partial charge in [0.25, 0.3) is 0 Å². The zero-order valence-electron chi connectivity index (χ0n) is 21.8. The molecule has 0 spiro atoms. The average molecular weight is 512 g/mol. The minimum atomic E-state index is 1.00. The smallest absolute Gasteiger partial charge is 0.0780 e. The third-order valence-electron chi connectivity index (χ3n) is 7.26. The number of nitrogens with zero attached hydrogens (tertiary/aromatic N) is 3. The zero-order chi connectivity index (χ0) is 26.7. The second-order valence-electron chi connectivity index (χ2n) is 9.82. The summed E-state index contributed by atoms with van der Waals surface area (Å²) in [6.45, 7) is 0. The Balaban J connectivity index is 1.32. The number of benzene rings is 4. The molecule has 0 amide bonds. The van der Waals surface area contributed by atoms with Gasteiger partial charge >= 0.3 is 0 Å². The maximum atomic E-state index is 4.74. The molecule has 0 atom stereocenters. The van der Waals surface area contributed by atoms with E-state index in [1.165, 1.54) is 5.39 Å². The van der Waals surface area contributed by atoms with Crippen molar-refractivity contribution in [1.82, 2.24) is 15.0 Å². The Bertz CT molecular complexity index is 1880. The Morgan fingerprint density at radius 2 is 0.850 bits per heavy atom. The molecule has 0 aliphatic carbocycles. The summed E-state index contributed by atoms with van der Waals surface area (Å²) in [5.41, 5.74) is 11.1. The van der Waals surface area contributed by atoms with Crippen molar-refractivity contribution in [1.29, 1.82) is 0 Å². The van der Waals surface area contributed by atoms with E-state index in [1.807, 2.05) is 30.7 Å². The van der Waals surface area contributed by atoms with Crippen LogP contribution in [0.3, 0.4) is 0 Å². The topological polar surface area (TPSA) is 38.7 Å². The molecule has 3 nitrogen and oxygen atoms in total. The van der Waals surface area contributed by atoms with Gasteiger partial charge in [0.2, 0.25) is 0 Å². The lowest BCUT2D eigenvalue weighted by molar-refractivity contribution is 1.32. The molecule has 0 aliphatic heterocycles. The van der Waals surface area contributed by atoms with Crippen LogP contribution in [-0.4, -0.2) is 15.0 Å². The van der Waals surface area contributed by atoms with Crippen LogP contribution >= 0.6 is 0 Å². The van der Waals surface area contributed by atoms with Crippen LogP contribution in [0.5, 0.6) is 0 Å². The number of hydrogen-bond acceptors (Lipinski definition) is 3. The maximum absolute atomic E-state index is 4.74. The van der Waals surface area contributed by atoms with Crippen LogP contribution in [0.4, 0.5) is 0 Å². The number of pyridine rings is 3. The van der Waals surface area contributed by atoms with Gasteiger partial charge in [0.1, 0.15) is 0 Å². The number of aromatic nitrogens is 3. The monoisotopic (exact) mass is 511 g/mol. The largest absolute Gasteiger partial charge is 0.264 e. The highest BCUT2D eigenvalue weighted by Crippen LogP contribution is 2.35. The summed E-state index contributed by atoms with van der Waals surface area (Å²) in [5.74, 6) is 0. The van der Waals surface area contributed by atoms with Gasteiger partial charge in [0, 0.05) is 53.1 Å². The van der Waals surface area contributed by atoms with E-state index in [9.17, 15) is 0 Å². The van der Waals surface area contributed by atoms with Crippen molar-refractivity contribution >= 4 is 10.8 Å². The van der Waals surface area contributed by atoms with Crippen molar-refractivity contribution in [3.8, 4) is 55.8 Å². The van der Waals surface area contributed by atoms with Crippen LogP contribution in [0.15, 0.2) is 152 Å². The summed E-state index contributed by atoms with van der Waals surface area (Å²) >= 11 is 0. The van der Waals surface area contributed by atoms with Gasteiger partial charge in [0.05, 0.1) is 5.69 Å². The van der Waals surface area contributed by atoms with E-state index in [4.69, 9.17) is 4.98 Å². The molecule has 3 aromatic heterocycles. The summed E-state index contributed by atoms with van der Waals surface area (Å²) in [6, 6.07) is 42.7. The van der Waals surface area contributed by atoms with Crippen molar-refractivity contribution in [2.24, 2.45) is 0 Å². The van der Waals surface area contributed by atoms with E-state index in [1.54, 1.807) is 12.4 Å². The summed E-state index contributed by atoms with van der Waals surface area (Å²) in [6.07, 6.45) is 9.33. The molecule has 4 aromatic carbocycles. The van der Waals surface area contributed by atoms with E-state index >= 15 is 0 Å². The fraction of sp³-hybridized carbons (Fsp3) is 0. The molecule has 0 saturated carbocycles. The van der Waals surface area contributed by atoms with Crippen LogP contribution in [0.25, 0.3) is 66.5 Å². The summed E-state index contributed by atoms with van der Waals surface area (Å²) in [5, 5.41) is 2.35. The zero-order valence-corrected chi connectivity index (χ0v) is 21.8. The molecule has 188 valence electrons. The van der Waals surface area contributed by atoms with Crippen LogP contribution in [0.2, 0.25) is 0 Å². The number of hydrogen-bond donors (Lipinski definition) is 0. The Morgan fingerprint density at radius 3 is 1.48 bits per heavy atom. The standard InChI is InChI=1S/C37H25N3/c1-2-14-36-26(7-1)15-18-40-37(36)30-11-4-9-28(20-30)27-8-3-10-29(19-27)33-21-34(31-12-5-16-38-24-31)23-35(22-33)32-13-6-17-39-25-32/h1-25H. The minimum Gasteiger partial charge on any atom is -0.264 e. The molecular formula is C37H25N3. The molecule has 40 heavy (non-hydrogen) atoms. The van der Waals surface area contributed by atoms with Gasteiger partial charge in [-0.1, -0.05) is 72.8 Å². The first kappa shape index (κ1) is 23.7. The van der Waals surface area contributed by atoms with Crippen LogP contribution < -0.4 is 0 Å². The molecule has 7 rings (SSSR count). The van der Waals surface area contributed by atoms with Gasteiger partial charge < -0.3 is 0 Å². The molecule has 7 aromatic rings. The average Bonchev–Trinajstić information content (AvgIpc) is 3.05. The van der Waals surface area contributed by atoms with Gasteiger partial charge in [0.15, 0.2) is 0 Å². The first-order chi connectivity index (χ1) is 19.8. The van der Waals surface area contributed by atoms with Gasteiger partial charge in [-0.15, -0.1) is 0 Å². The molecule has 3 heterocycles. The first-order valence-corrected chi connectivity index (χ1v) is 13.3. The highest BCUT2D eigenvalue weighted by atomic mass is 14.7. The predicted octanol–water partition coefficient (Wildman–Crippen LogP) is 9.36. The Labute approximate surface area is 233 Å². The quantitative estimate of drug-likeness (QED) is 0.231. The Kier molecular flexibility index (Phi) is 6.15. The molecule has 0 unspecified atom stereocenters. The van der Waals surface area contributed by atoms with Crippen LogP contribution in [0, 0.1) is 0 Å². The Hall–Kier alpha value is -5.41. The highest BCUT2D eigenvalue weighted by Gasteiger charge is 2.10. The lowest BCUT2D eigenvalue weighted by Gasteiger charge is -2.12. The number of fused-ring (bicyclic) bond motifs is 1. The van der Waals surface area contributed by atoms with Gasteiger partial charge in [-0.25, -0.2) is 0 Å². The second kappa shape index (κ2) is 10.4. The molecule has 0 N–H and O–H groups in total. The van der Waals surface area contributed by atoms with Crippen molar-refractivity contribution in [2.45, 2.75) is 0 Å². The van der Waals surface area contributed by atoms with E-state index in [0.29, 0.717) is 0 Å². The molecular weight excluding hydrogens is 486 g/mol. The SMILES string of the molecule is c1cncc(-c2cc(-c3cccnc3)cc(-c3cccc(-c4cccc(-c5nccc6ccccc56)c4)c3)c2)c1. The third kappa shape index (κ3) is 4.65. The third-order valence-corrected chi connectivity index (χ3v) is 7.26. The molecule has 0 radical (unpaired) electrons. The molecule has 0 aliphatic rings. The highest BCUT2D eigenvalue weighted by molar-refractivity contribution is 5.95. The van der Waals surface area contributed by atoms with E-state index in [0.717, 1.165) is 61.2 Å². The summed E-state index contributed by atoms with van der Waals surface area (Å²) < 4.78 is 0. The van der Waals surface area contributed by atoms with Gasteiger partial charge in [-0.2, -0.15) is 0 Å². The van der Waals surface area contributed by atoms with Gasteiger partial charge in [-0.3, -0.25) is 15.0 Å². The van der Waals surface area contributed by atoms with E-state index in [2.05, 4.69) is 119 Å². The lowest BCUT2D eigenvalue weighted by Crippen LogP contribution is -1.89. The normalized spacial score (nSPS) is 11.0.